The maximum atomic E-state index is 12.2. The SMILES string of the molecule is COc1cc(C=CC(=O)c2cccc(C)c2)cc(OC)c1OC. The lowest BCUT2D eigenvalue weighted by atomic mass is 10.1. The summed E-state index contributed by atoms with van der Waals surface area (Å²) in [4.78, 5) is 12.2. The quantitative estimate of drug-likeness (QED) is 0.599. The van der Waals surface area contributed by atoms with Gasteiger partial charge in [0.1, 0.15) is 0 Å². The molecule has 2 rings (SSSR count). The normalized spacial score (nSPS) is 10.6. The van der Waals surface area contributed by atoms with Gasteiger partial charge in [0.05, 0.1) is 21.3 Å². The molecule has 2 aromatic carbocycles. The predicted octanol–water partition coefficient (Wildman–Crippen LogP) is 3.92. The van der Waals surface area contributed by atoms with Crippen LogP contribution in [0.25, 0.3) is 6.08 Å². The number of ether oxygens (including phenoxy) is 3. The molecule has 0 bridgehead atoms. The maximum absolute atomic E-state index is 12.2. The van der Waals surface area contributed by atoms with E-state index in [1.54, 1.807) is 45.6 Å². The van der Waals surface area contributed by atoms with Crippen molar-refractivity contribution in [1.29, 1.82) is 0 Å². The number of rotatable bonds is 6. The molecule has 23 heavy (non-hydrogen) atoms. The average molecular weight is 312 g/mol. The van der Waals surface area contributed by atoms with Crippen molar-refractivity contribution >= 4 is 11.9 Å². The first kappa shape index (κ1) is 16.6. The summed E-state index contributed by atoms with van der Waals surface area (Å²) in [5.74, 6) is 1.57. The molecule has 0 amide bonds. The summed E-state index contributed by atoms with van der Waals surface area (Å²) in [6.45, 7) is 1.96. The number of carbonyl (C=O) groups is 1. The van der Waals surface area contributed by atoms with Gasteiger partial charge in [-0.25, -0.2) is 0 Å². The van der Waals surface area contributed by atoms with Crippen molar-refractivity contribution < 1.29 is 19.0 Å². The molecule has 0 heterocycles. The highest BCUT2D eigenvalue weighted by Gasteiger charge is 2.12. The highest BCUT2D eigenvalue weighted by atomic mass is 16.5. The molecule has 2 aromatic rings. The Kier molecular flexibility index (Phi) is 5.41. The van der Waals surface area contributed by atoms with E-state index in [1.165, 1.54) is 6.08 Å². The molecule has 0 saturated heterocycles. The summed E-state index contributed by atoms with van der Waals surface area (Å²) in [7, 11) is 4.67. The number of methoxy groups -OCH3 is 3. The second-order valence-electron chi connectivity index (χ2n) is 5.03. The lowest BCUT2D eigenvalue weighted by Gasteiger charge is -2.12. The number of hydrogen-bond acceptors (Lipinski definition) is 4. The second-order valence-corrected chi connectivity index (χ2v) is 5.03. The Morgan fingerprint density at radius 2 is 1.61 bits per heavy atom. The van der Waals surface area contributed by atoms with E-state index in [-0.39, 0.29) is 5.78 Å². The molecule has 0 N–H and O–H groups in total. The molecule has 0 aliphatic heterocycles. The van der Waals surface area contributed by atoms with Gasteiger partial charge in [0.2, 0.25) is 5.75 Å². The Morgan fingerprint density at radius 1 is 0.957 bits per heavy atom. The van der Waals surface area contributed by atoms with Crippen LogP contribution in [0.1, 0.15) is 21.5 Å². The smallest absolute Gasteiger partial charge is 0.203 e. The van der Waals surface area contributed by atoms with Crippen LogP contribution in [0.15, 0.2) is 42.5 Å². The van der Waals surface area contributed by atoms with Gasteiger partial charge in [-0.2, -0.15) is 0 Å². The summed E-state index contributed by atoms with van der Waals surface area (Å²) in [5, 5.41) is 0. The number of ketones is 1. The van der Waals surface area contributed by atoms with Crippen LogP contribution < -0.4 is 14.2 Å². The fourth-order valence-electron chi connectivity index (χ4n) is 2.26. The van der Waals surface area contributed by atoms with Gasteiger partial charge < -0.3 is 14.2 Å². The van der Waals surface area contributed by atoms with Crippen LogP contribution in [0.2, 0.25) is 0 Å². The monoisotopic (exact) mass is 312 g/mol. The molecule has 4 heteroatoms. The van der Waals surface area contributed by atoms with E-state index in [1.807, 2.05) is 25.1 Å². The Morgan fingerprint density at radius 3 is 2.13 bits per heavy atom. The third kappa shape index (κ3) is 3.92. The van der Waals surface area contributed by atoms with Crippen molar-refractivity contribution in [3.63, 3.8) is 0 Å². The lowest BCUT2D eigenvalue weighted by molar-refractivity contribution is 0.104. The number of allylic oxidation sites excluding steroid dienone is 1. The van der Waals surface area contributed by atoms with E-state index in [9.17, 15) is 4.79 Å². The first-order valence-corrected chi connectivity index (χ1v) is 7.18. The molecule has 0 atom stereocenters. The molecule has 120 valence electrons. The molecule has 0 saturated carbocycles. The van der Waals surface area contributed by atoms with Crippen LogP contribution in [-0.4, -0.2) is 27.1 Å². The van der Waals surface area contributed by atoms with E-state index in [4.69, 9.17) is 14.2 Å². The summed E-state index contributed by atoms with van der Waals surface area (Å²) < 4.78 is 15.9. The molecular weight excluding hydrogens is 292 g/mol. The van der Waals surface area contributed by atoms with Gasteiger partial charge >= 0.3 is 0 Å². The molecule has 0 spiro atoms. The molecule has 4 nitrogen and oxygen atoms in total. The molecule has 0 aliphatic carbocycles. The van der Waals surface area contributed by atoms with Gasteiger partial charge in [-0.1, -0.05) is 29.8 Å². The molecule has 0 radical (unpaired) electrons. The first-order chi connectivity index (χ1) is 11.1. The standard InChI is InChI=1S/C19H20O4/c1-13-6-5-7-15(10-13)16(20)9-8-14-11-17(21-2)19(23-4)18(12-14)22-3/h5-12H,1-4H3. The summed E-state index contributed by atoms with van der Waals surface area (Å²) in [6, 6.07) is 11.1. The van der Waals surface area contributed by atoms with Gasteiger partial charge in [0, 0.05) is 5.56 Å². The topological polar surface area (TPSA) is 44.8 Å². The molecule has 0 aliphatic rings. The Balaban J connectivity index is 2.30. The van der Waals surface area contributed by atoms with Gasteiger partial charge in [-0.3, -0.25) is 4.79 Å². The predicted molar refractivity (Wildman–Crippen MR) is 90.6 cm³/mol. The van der Waals surface area contributed by atoms with Crippen molar-refractivity contribution in [2.75, 3.05) is 21.3 Å². The van der Waals surface area contributed by atoms with Crippen LogP contribution >= 0.6 is 0 Å². The number of benzene rings is 2. The minimum Gasteiger partial charge on any atom is -0.493 e. The average Bonchev–Trinajstić information content (AvgIpc) is 2.58. The minimum atomic E-state index is -0.0533. The molecule has 0 aromatic heterocycles. The van der Waals surface area contributed by atoms with Crippen LogP contribution in [0.4, 0.5) is 0 Å². The number of carbonyl (C=O) groups excluding carboxylic acids is 1. The van der Waals surface area contributed by atoms with Gasteiger partial charge in [-0.05, 0) is 36.8 Å². The number of hydrogen-bond donors (Lipinski definition) is 0. The van der Waals surface area contributed by atoms with Crippen LogP contribution in [-0.2, 0) is 0 Å². The van der Waals surface area contributed by atoms with E-state index in [0.29, 0.717) is 22.8 Å². The second kappa shape index (κ2) is 7.49. The van der Waals surface area contributed by atoms with E-state index in [0.717, 1.165) is 11.1 Å². The van der Waals surface area contributed by atoms with Gasteiger partial charge in [0.15, 0.2) is 17.3 Å². The highest BCUT2D eigenvalue weighted by Crippen LogP contribution is 2.38. The van der Waals surface area contributed by atoms with Crippen molar-refractivity contribution in [3.8, 4) is 17.2 Å². The highest BCUT2D eigenvalue weighted by molar-refractivity contribution is 6.06. The summed E-state index contributed by atoms with van der Waals surface area (Å²) in [5.41, 5.74) is 2.51. The van der Waals surface area contributed by atoms with E-state index < -0.39 is 0 Å². The lowest BCUT2D eigenvalue weighted by Crippen LogP contribution is -1.96. The fraction of sp³-hybridized carbons (Fsp3) is 0.211. The zero-order chi connectivity index (χ0) is 16.8. The maximum Gasteiger partial charge on any atom is 0.203 e. The molecule has 0 unspecified atom stereocenters. The van der Waals surface area contributed by atoms with E-state index in [2.05, 4.69) is 0 Å². The first-order valence-electron chi connectivity index (χ1n) is 7.18. The Hall–Kier alpha value is -2.75. The Bertz CT molecular complexity index is 707. The van der Waals surface area contributed by atoms with Crippen molar-refractivity contribution in [2.24, 2.45) is 0 Å². The zero-order valence-electron chi connectivity index (χ0n) is 13.8. The third-order valence-corrected chi connectivity index (χ3v) is 3.42. The van der Waals surface area contributed by atoms with Crippen molar-refractivity contribution in [3.05, 3.63) is 59.2 Å². The van der Waals surface area contributed by atoms with Crippen molar-refractivity contribution in [1.82, 2.24) is 0 Å². The van der Waals surface area contributed by atoms with E-state index >= 15 is 0 Å². The van der Waals surface area contributed by atoms with Crippen LogP contribution in [0, 0.1) is 6.92 Å². The van der Waals surface area contributed by atoms with Gasteiger partial charge in [0.25, 0.3) is 0 Å². The Labute approximate surface area is 136 Å². The zero-order valence-corrected chi connectivity index (χ0v) is 13.8. The fourth-order valence-corrected chi connectivity index (χ4v) is 2.26. The largest absolute Gasteiger partial charge is 0.493 e. The summed E-state index contributed by atoms with van der Waals surface area (Å²) in [6.07, 6.45) is 3.27. The molecular formula is C19H20O4. The summed E-state index contributed by atoms with van der Waals surface area (Å²) >= 11 is 0. The van der Waals surface area contributed by atoms with Crippen LogP contribution in [0.3, 0.4) is 0 Å². The number of aryl methyl sites for hydroxylation is 1. The minimum absolute atomic E-state index is 0.0533. The van der Waals surface area contributed by atoms with Gasteiger partial charge in [-0.15, -0.1) is 0 Å². The third-order valence-electron chi connectivity index (χ3n) is 3.42. The van der Waals surface area contributed by atoms with Crippen LogP contribution in [0.5, 0.6) is 17.2 Å². The molecule has 0 fully saturated rings. The van der Waals surface area contributed by atoms with Crippen molar-refractivity contribution in [2.45, 2.75) is 6.92 Å².